The minimum Gasteiger partial charge on any atom is -0.503 e. The Kier molecular flexibility index (Phi) is 3.41. The Morgan fingerprint density at radius 1 is 1.25 bits per heavy atom. The van der Waals surface area contributed by atoms with Gasteiger partial charge in [-0.25, -0.2) is 4.98 Å². The van der Waals surface area contributed by atoms with Gasteiger partial charge in [0.2, 0.25) is 0 Å². The second kappa shape index (κ2) is 4.99. The molecule has 0 bridgehead atoms. The molecule has 0 saturated heterocycles. The second-order valence-corrected chi connectivity index (χ2v) is 4.06. The average molecular weight is 280 g/mol. The van der Waals surface area contributed by atoms with E-state index in [0.717, 1.165) is 5.56 Å². The normalized spacial score (nSPS) is 10.1. The molecular weight excluding hydrogens is 270 g/mol. The molecule has 3 nitrogen and oxygen atoms in total. The summed E-state index contributed by atoms with van der Waals surface area (Å²) in [5, 5.41) is 9.50. The molecule has 1 aromatic heterocycles. The standard InChI is InChI=1S/C12H10BrNO2/c13-12-6-11(10(15)7-14-12)16-8-9-4-2-1-3-5-9/h1-7,15H,8H2. The molecule has 0 amide bonds. The Balaban J connectivity index is 2.08. The highest BCUT2D eigenvalue weighted by atomic mass is 79.9. The van der Waals surface area contributed by atoms with Crippen LogP contribution in [0.4, 0.5) is 0 Å². The molecule has 0 aliphatic heterocycles. The van der Waals surface area contributed by atoms with E-state index in [0.29, 0.717) is 17.0 Å². The lowest BCUT2D eigenvalue weighted by Crippen LogP contribution is -1.95. The number of benzene rings is 1. The van der Waals surface area contributed by atoms with Gasteiger partial charge in [0, 0.05) is 6.07 Å². The topological polar surface area (TPSA) is 42.4 Å². The fourth-order valence-electron chi connectivity index (χ4n) is 1.26. The number of rotatable bonds is 3. The van der Waals surface area contributed by atoms with E-state index in [4.69, 9.17) is 4.74 Å². The van der Waals surface area contributed by atoms with Crippen LogP contribution in [0.25, 0.3) is 0 Å². The number of nitrogens with zero attached hydrogens (tertiary/aromatic N) is 1. The number of aromatic hydroxyl groups is 1. The van der Waals surface area contributed by atoms with Crippen molar-refractivity contribution >= 4 is 15.9 Å². The number of aromatic nitrogens is 1. The first-order chi connectivity index (χ1) is 7.75. The summed E-state index contributed by atoms with van der Waals surface area (Å²) in [7, 11) is 0. The molecule has 16 heavy (non-hydrogen) atoms. The Bertz CT molecular complexity index is 474. The van der Waals surface area contributed by atoms with Gasteiger partial charge in [0.15, 0.2) is 11.5 Å². The van der Waals surface area contributed by atoms with Crippen LogP contribution in [-0.2, 0) is 6.61 Å². The third-order valence-electron chi connectivity index (χ3n) is 2.05. The molecule has 0 spiro atoms. The van der Waals surface area contributed by atoms with Crippen molar-refractivity contribution in [1.82, 2.24) is 4.98 Å². The fraction of sp³-hybridized carbons (Fsp3) is 0.0833. The van der Waals surface area contributed by atoms with Gasteiger partial charge < -0.3 is 9.84 Å². The van der Waals surface area contributed by atoms with Crippen LogP contribution in [0, 0.1) is 0 Å². The zero-order valence-electron chi connectivity index (χ0n) is 8.43. The summed E-state index contributed by atoms with van der Waals surface area (Å²) < 4.78 is 6.12. The van der Waals surface area contributed by atoms with E-state index in [1.165, 1.54) is 6.20 Å². The van der Waals surface area contributed by atoms with Gasteiger partial charge in [-0.1, -0.05) is 30.3 Å². The zero-order valence-corrected chi connectivity index (χ0v) is 10.0. The SMILES string of the molecule is Oc1cnc(Br)cc1OCc1ccccc1. The molecule has 0 fully saturated rings. The first-order valence-electron chi connectivity index (χ1n) is 4.77. The minimum absolute atomic E-state index is 0.0409. The van der Waals surface area contributed by atoms with Gasteiger partial charge in [-0.3, -0.25) is 0 Å². The van der Waals surface area contributed by atoms with Crippen LogP contribution in [-0.4, -0.2) is 10.1 Å². The summed E-state index contributed by atoms with van der Waals surface area (Å²) in [6, 6.07) is 11.4. The van der Waals surface area contributed by atoms with Crippen molar-refractivity contribution in [3.8, 4) is 11.5 Å². The molecule has 82 valence electrons. The van der Waals surface area contributed by atoms with E-state index in [-0.39, 0.29) is 5.75 Å². The van der Waals surface area contributed by atoms with Gasteiger partial charge in [-0.15, -0.1) is 0 Å². The lowest BCUT2D eigenvalue weighted by atomic mass is 10.2. The molecule has 2 rings (SSSR count). The first kappa shape index (κ1) is 11.0. The minimum atomic E-state index is 0.0409. The van der Waals surface area contributed by atoms with Gasteiger partial charge in [0.1, 0.15) is 11.2 Å². The van der Waals surface area contributed by atoms with E-state index in [2.05, 4.69) is 20.9 Å². The number of ether oxygens (including phenoxy) is 1. The van der Waals surface area contributed by atoms with E-state index in [9.17, 15) is 5.11 Å². The molecule has 0 aliphatic rings. The van der Waals surface area contributed by atoms with Crippen LogP contribution in [0.15, 0.2) is 47.2 Å². The van der Waals surface area contributed by atoms with Crippen molar-refractivity contribution < 1.29 is 9.84 Å². The Morgan fingerprint density at radius 3 is 2.75 bits per heavy atom. The lowest BCUT2D eigenvalue weighted by molar-refractivity contribution is 0.288. The summed E-state index contributed by atoms with van der Waals surface area (Å²) >= 11 is 3.22. The van der Waals surface area contributed by atoms with E-state index >= 15 is 0 Å². The summed E-state index contributed by atoms with van der Waals surface area (Å²) in [6.45, 7) is 0.421. The average Bonchev–Trinajstić information content (AvgIpc) is 2.32. The van der Waals surface area contributed by atoms with Crippen LogP contribution >= 0.6 is 15.9 Å². The zero-order chi connectivity index (χ0) is 11.4. The largest absolute Gasteiger partial charge is 0.503 e. The first-order valence-corrected chi connectivity index (χ1v) is 5.56. The van der Waals surface area contributed by atoms with Crippen molar-refractivity contribution in [2.45, 2.75) is 6.61 Å². The highest BCUT2D eigenvalue weighted by Crippen LogP contribution is 2.27. The highest BCUT2D eigenvalue weighted by Gasteiger charge is 2.04. The monoisotopic (exact) mass is 279 g/mol. The van der Waals surface area contributed by atoms with Crippen LogP contribution in [0.2, 0.25) is 0 Å². The summed E-state index contributed by atoms with van der Waals surface area (Å²) in [6.07, 6.45) is 1.35. The Hall–Kier alpha value is -1.55. The number of pyridine rings is 1. The highest BCUT2D eigenvalue weighted by molar-refractivity contribution is 9.10. The molecule has 4 heteroatoms. The van der Waals surface area contributed by atoms with Crippen molar-refractivity contribution in [2.24, 2.45) is 0 Å². The molecule has 1 N–H and O–H groups in total. The summed E-state index contributed by atoms with van der Waals surface area (Å²) in [4.78, 5) is 3.88. The fourth-order valence-corrected chi connectivity index (χ4v) is 1.57. The quantitative estimate of drug-likeness (QED) is 0.878. The van der Waals surface area contributed by atoms with E-state index in [1.54, 1.807) is 6.07 Å². The van der Waals surface area contributed by atoms with Crippen molar-refractivity contribution in [3.05, 3.63) is 52.8 Å². The predicted molar refractivity (Wildman–Crippen MR) is 64.4 cm³/mol. The third-order valence-corrected chi connectivity index (χ3v) is 2.48. The maximum Gasteiger partial charge on any atom is 0.176 e. The lowest BCUT2D eigenvalue weighted by Gasteiger charge is -2.07. The number of halogens is 1. The molecule has 0 aliphatic carbocycles. The van der Waals surface area contributed by atoms with E-state index < -0.39 is 0 Å². The van der Waals surface area contributed by atoms with Gasteiger partial charge in [-0.2, -0.15) is 0 Å². The van der Waals surface area contributed by atoms with Gasteiger partial charge >= 0.3 is 0 Å². The van der Waals surface area contributed by atoms with Crippen molar-refractivity contribution in [3.63, 3.8) is 0 Å². The molecule has 1 heterocycles. The second-order valence-electron chi connectivity index (χ2n) is 3.25. The van der Waals surface area contributed by atoms with Crippen LogP contribution in [0.5, 0.6) is 11.5 Å². The maximum atomic E-state index is 9.50. The summed E-state index contributed by atoms with van der Waals surface area (Å²) in [5.41, 5.74) is 1.05. The molecule has 0 radical (unpaired) electrons. The molecule has 0 saturated carbocycles. The smallest absolute Gasteiger partial charge is 0.176 e. The number of hydrogen-bond acceptors (Lipinski definition) is 3. The molecule has 2 aromatic rings. The van der Waals surface area contributed by atoms with Gasteiger partial charge in [-0.05, 0) is 21.5 Å². The van der Waals surface area contributed by atoms with Crippen molar-refractivity contribution in [2.75, 3.05) is 0 Å². The van der Waals surface area contributed by atoms with Crippen LogP contribution < -0.4 is 4.74 Å². The molecule has 0 atom stereocenters. The predicted octanol–water partition coefficient (Wildman–Crippen LogP) is 3.13. The van der Waals surface area contributed by atoms with Crippen LogP contribution in [0.1, 0.15) is 5.56 Å². The van der Waals surface area contributed by atoms with Crippen LogP contribution in [0.3, 0.4) is 0 Å². The Morgan fingerprint density at radius 2 is 2.00 bits per heavy atom. The van der Waals surface area contributed by atoms with Gasteiger partial charge in [0.05, 0.1) is 6.20 Å². The van der Waals surface area contributed by atoms with E-state index in [1.807, 2.05) is 30.3 Å². The van der Waals surface area contributed by atoms with Gasteiger partial charge in [0.25, 0.3) is 0 Å². The third kappa shape index (κ3) is 2.73. The Labute approximate surface area is 102 Å². The van der Waals surface area contributed by atoms with Crippen molar-refractivity contribution in [1.29, 1.82) is 0 Å². The molecule has 1 aromatic carbocycles. The number of hydrogen-bond donors (Lipinski definition) is 1. The molecular formula is C12H10BrNO2. The maximum absolute atomic E-state index is 9.50. The summed E-state index contributed by atoms with van der Waals surface area (Å²) in [5.74, 6) is 0.463. The molecule has 0 unspecified atom stereocenters.